The Labute approximate surface area is 136 Å². The molecule has 0 saturated carbocycles. The van der Waals surface area contributed by atoms with Gasteiger partial charge in [0.05, 0.1) is 6.54 Å². The molecule has 24 heavy (non-hydrogen) atoms. The molecule has 0 amide bonds. The average Bonchev–Trinajstić information content (AvgIpc) is 3.07. The summed E-state index contributed by atoms with van der Waals surface area (Å²) in [6.45, 7) is 4.13. The number of rotatable bonds is 2. The summed E-state index contributed by atoms with van der Waals surface area (Å²) in [4.78, 5) is 33.0. The fourth-order valence-corrected chi connectivity index (χ4v) is 2.97. The SMILES string of the molecule is Cc1ccc(Cn2c(=O)c3c(nc4[nH]c(C)cn43)n(C)c2=O)cc1. The Morgan fingerprint density at radius 2 is 1.83 bits per heavy atom. The number of imidazole rings is 2. The maximum absolute atomic E-state index is 12.9. The molecule has 0 atom stereocenters. The highest BCUT2D eigenvalue weighted by Gasteiger charge is 2.17. The molecule has 1 aromatic carbocycles. The van der Waals surface area contributed by atoms with Gasteiger partial charge in [0.15, 0.2) is 11.2 Å². The van der Waals surface area contributed by atoms with E-state index in [4.69, 9.17) is 0 Å². The van der Waals surface area contributed by atoms with E-state index in [1.54, 1.807) is 11.4 Å². The molecular formula is C17H17N5O2. The van der Waals surface area contributed by atoms with Crippen molar-refractivity contribution in [3.8, 4) is 0 Å². The normalized spacial score (nSPS) is 11.6. The van der Waals surface area contributed by atoms with Gasteiger partial charge in [-0.3, -0.25) is 18.3 Å². The van der Waals surface area contributed by atoms with Gasteiger partial charge in [-0.1, -0.05) is 29.8 Å². The minimum Gasteiger partial charge on any atom is -0.328 e. The lowest BCUT2D eigenvalue weighted by Gasteiger charge is -2.08. The minimum atomic E-state index is -0.370. The summed E-state index contributed by atoms with van der Waals surface area (Å²) in [6, 6.07) is 7.79. The Balaban J connectivity index is 2.01. The summed E-state index contributed by atoms with van der Waals surface area (Å²) in [7, 11) is 1.63. The second kappa shape index (κ2) is 4.95. The minimum absolute atomic E-state index is 0.234. The molecule has 0 aliphatic rings. The van der Waals surface area contributed by atoms with Gasteiger partial charge in [0.2, 0.25) is 5.78 Å². The van der Waals surface area contributed by atoms with E-state index in [1.165, 1.54) is 9.13 Å². The first-order valence-electron chi connectivity index (χ1n) is 7.68. The molecular weight excluding hydrogens is 306 g/mol. The van der Waals surface area contributed by atoms with Crippen LogP contribution in [0.3, 0.4) is 0 Å². The molecule has 122 valence electrons. The molecule has 0 fully saturated rings. The second-order valence-electron chi connectivity index (χ2n) is 6.13. The van der Waals surface area contributed by atoms with Gasteiger partial charge in [-0.15, -0.1) is 0 Å². The first-order valence-corrected chi connectivity index (χ1v) is 7.68. The van der Waals surface area contributed by atoms with Gasteiger partial charge in [0.1, 0.15) is 0 Å². The van der Waals surface area contributed by atoms with Gasteiger partial charge >= 0.3 is 5.69 Å². The van der Waals surface area contributed by atoms with Crippen LogP contribution in [0.15, 0.2) is 40.1 Å². The van der Waals surface area contributed by atoms with E-state index in [1.807, 2.05) is 44.3 Å². The standard InChI is InChI=1S/C17H17N5O2/c1-10-4-6-12(7-5-10)9-22-15(23)13-14(20(3)17(22)24)19-16-18-11(2)8-21(13)16/h4-8H,9H2,1-3H3,(H,18,19). The largest absolute Gasteiger partial charge is 0.332 e. The number of fused-ring (bicyclic) bond motifs is 3. The van der Waals surface area contributed by atoms with Crippen molar-refractivity contribution in [1.29, 1.82) is 0 Å². The zero-order valence-corrected chi connectivity index (χ0v) is 13.7. The number of H-pyrrole nitrogens is 1. The Hall–Kier alpha value is -3.09. The summed E-state index contributed by atoms with van der Waals surface area (Å²) in [5.41, 5.74) is 3.03. The van der Waals surface area contributed by atoms with E-state index in [0.717, 1.165) is 16.8 Å². The summed E-state index contributed by atoms with van der Waals surface area (Å²) in [6.07, 6.45) is 1.81. The van der Waals surface area contributed by atoms with E-state index >= 15 is 0 Å². The highest BCUT2D eigenvalue weighted by molar-refractivity contribution is 5.75. The molecule has 1 N–H and O–H groups in total. The number of aromatic nitrogens is 5. The molecule has 3 heterocycles. The number of aryl methyl sites for hydroxylation is 3. The zero-order valence-electron chi connectivity index (χ0n) is 13.7. The van der Waals surface area contributed by atoms with Crippen LogP contribution in [0.4, 0.5) is 0 Å². The van der Waals surface area contributed by atoms with Gasteiger partial charge < -0.3 is 4.98 Å². The van der Waals surface area contributed by atoms with Crippen molar-refractivity contribution in [2.75, 3.05) is 0 Å². The van der Waals surface area contributed by atoms with Gasteiger partial charge in [0.25, 0.3) is 5.56 Å². The molecule has 7 nitrogen and oxygen atoms in total. The van der Waals surface area contributed by atoms with Gasteiger partial charge in [-0.05, 0) is 19.4 Å². The van der Waals surface area contributed by atoms with Crippen molar-refractivity contribution in [3.63, 3.8) is 0 Å². The maximum atomic E-state index is 12.9. The number of nitrogens with zero attached hydrogens (tertiary/aromatic N) is 4. The molecule has 0 spiro atoms. The number of hydrogen-bond donors (Lipinski definition) is 1. The van der Waals surface area contributed by atoms with Crippen molar-refractivity contribution in [2.24, 2.45) is 7.05 Å². The van der Waals surface area contributed by atoms with Crippen LogP contribution in [0.5, 0.6) is 0 Å². The van der Waals surface area contributed by atoms with E-state index in [9.17, 15) is 9.59 Å². The van der Waals surface area contributed by atoms with Crippen LogP contribution in [-0.2, 0) is 13.6 Å². The molecule has 0 saturated heterocycles. The maximum Gasteiger partial charge on any atom is 0.332 e. The monoisotopic (exact) mass is 323 g/mol. The van der Waals surface area contributed by atoms with Gasteiger partial charge in [0, 0.05) is 18.9 Å². The van der Waals surface area contributed by atoms with Crippen molar-refractivity contribution < 1.29 is 0 Å². The Morgan fingerprint density at radius 3 is 2.54 bits per heavy atom. The van der Waals surface area contributed by atoms with Gasteiger partial charge in [-0.2, -0.15) is 4.98 Å². The first-order chi connectivity index (χ1) is 11.5. The second-order valence-corrected chi connectivity index (χ2v) is 6.13. The third kappa shape index (κ3) is 2.01. The Kier molecular flexibility index (Phi) is 2.99. The van der Waals surface area contributed by atoms with Crippen molar-refractivity contribution in [3.05, 3.63) is 68.1 Å². The van der Waals surface area contributed by atoms with E-state index < -0.39 is 0 Å². The Morgan fingerprint density at radius 1 is 1.12 bits per heavy atom. The molecule has 4 aromatic rings. The third-order valence-electron chi connectivity index (χ3n) is 4.27. The fraction of sp³-hybridized carbons (Fsp3) is 0.235. The van der Waals surface area contributed by atoms with Crippen molar-refractivity contribution in [1.82, 2.24) is 23.5 Å². The number of nitrogens with one attached hydrogen (secondary N) is 1. The molecule has 7 heteroatoms. The molecule has 0 aliphatic carbocycles. The highest BCUT2D eigenvalue weighted by atomic mass is 16.2. The van der Waals surface area contributed by atoms with Crippen LogP contribution in [0.25, 0.3) is 16.9 Å². The number of hydrogen-bond acceptors (Lipinski definition) is 3. The first kappa shape index (κ1) is 14.5. The third-order valence-corrected chi connectivity index (χ3v) is 4.27. The van der Waals surface area contributed by atoms with Crippen LogP contribution in [0.2, 0.25) is 0 Å². The van der Waals surface area contributed by atoms with Crippen LogP contribution in [0.1, 0.15) is 16.8 Å². The summed E-state index contributed by atoms with van der Waals surface area (Å²) in [5, 5.41) is 0. The average molecular weight is 323 g/mol. The van der Waals surface area contributed by atoms with Crippen molar-refractivity contribution >= 4 is 16.9 Å². The van der Waals surface area contributed by atoms with Crippen molar-refractivity contribution in [2.45, 2.75) is 20.4 Å². The highest BCUT2D eigenvalue weighted by Crippen LogP contribution is 2.12. The topological polar surface area (TPSA) is 77.1 Å². The molecule has 4 rings (SSSR count). The number of aromatic amines is 1. The smallest absolute Gasteiger partial charge is 0.328 e. The van der Waals surface area contributed by atoms with Crippen LogP contribution in [0, 0.1) is 13.8 Å². The summed E-state index contributed by atoms with van der Waals surface area (Å²) in [5.74, 6) is 0.558. The van der Waals surface area contributed by atoms with E-state index in [0.29, 0.717) is 16.9 Å². The lowest BCUT2D eigenvalue weighted by molar-refractivity contribution is 0.656. The summed E-state index contributed by atoms with van der Waals surface area (Å²) >= 11 is 0. The zero-order chi connectivity index (χ0) is 17.0. The Bertz CT molecular complexity index is 1190. The van der Waals surface area contributed by atoms with E-state index in [-0.39, 0.29) is 17.8 Å². The predicted molar refractivity (Wildman–Crippen MR) is 91.6 cm³/mol. The molecule has 0 aliphatic heterocycles. The molecule has 3 aromatic heterocycles. The number of benzene rings is 1. The van der Waals surface area contributed by atoms with E-state index in [2.05, 4.69) is 9.97 Å². The van der Waals surface area contributed by atoms with Gasteiger partial charge in [-0.25, -0.2) is 4.79 Å². The molecule has 0 unspecified atom stereocenters. The quantitative estimate of drug-likeness (QED) is 0.605. The van der Waals surface area contributed by atoms with Crippen LogP contribution < -0.4 is 11.2 Å². The van der Waals surface area contributed by atoms with Crippen LogP contribution >= 0.6 is 0 Å². The molecule has 0 bridgehead atoms. The molecule has 0 radical (unpaired) electrons. The predicted octanol–water partition coefficient (Wildman–Crippen LogP) is 1.34. The summed E-state index contributed by atoms with van der Waals surface area (Å²) < 4.78 is 4.38. The lowest BCUT2D eigenvalue weighted by atomic mass is 10.1. The van der Waals surface area contributed by atoms with Crippen LogP contribution in [-0.4, -0.2) is 23.5 Å². The lowest BCUT2D eigenvalue weighted by Crippen LogP contribution is -2.39. The fourth-order valence-electron chi connectivity index (χ4n) is 2.97.